The van der Waals surface area contributed by atoms with E-state index in [4.69, 9.17) is 0 Å². The summed E-state index contributed by atoms with van der Waals surface area (Å²) in [6, 6.07) is 1.90. The van der Waals surface area contributed by atoms with E-state index in [1.165, 1.54) is 0 Å². The number of nitrogens with one attached hydrogen (secondary N) is 1. The van der Waals surface area contributed by atoms with E-state index in [1.54, 1.807) is 11.0 Å². The zero-order chi connectivity index (χ0) is 11.5. The summed E-state index contributed by atoms with van der Waals surface area (Å²) < 4.78 is 1.67. The molecule has 0 aliphatic heterocycles. The van der Waals surface area contributed by atoms with Gasteiger partial charge in [0.1, 0.15) is 18.0 Å². The Bertz CT molecular complexity index is 470. The highest BCUT2D eigenvalue weighted by atomic mass is 15.3. The monoisotopic (exact) mass is 218 g/mol. The minimum atomic E-state index is 0.566. The van der Waals surface area contributed by atoms with E-state index in [9.17, 15) is 0 Å². The van der Waals surface area contributed by atoms with Crippen molar-refractivity contribution in [2.75, 3.05) is 5.32 Å². The number of aromatic nitrogens is 5. The highest BCUT2D eigenvalue weighted by Crippen LogP contribution is 2.06. The number of anilines is 1. The molecule has 2 aromatic heterocycles. The highest BCUT2D eigenvalue weighted by molar-refractivity contribution is 5.35. The van der Waals surface area contributed by atoms with Gasteiger partial charge in [0, 0.05) is 18.8 Å². The lowest BCUT2D eigenvalue weighted by Gasteiger charge is -2.04. The molecule has 2 rings (SSSR count). The molecule has 0 bridgehead atoms. The molecule has 2 aromatic rings. The molecule has 2 heterocycles. The van der Waals surface area contributed by atoms with Gasteiger partial charge in [-0.15, -0.1) is 0 Å². The van der Waals surface area contributed by atoms with Crippen LogP contribution in [0.1, 0.15) is 17.3 Å². The molecule has 16 heavy (non-hydrogen) atoms. The minimum Gasteiger partial charge on any atom is -0.363 e. The van der Waals surface area contributed by atoms with E-state index in [1.807, 2.05) is 27.0 Å². The van der Waals surface area contributed by atoms with Gasteiger partial charge in [-0.1, -0.05) is 0 Å². The first-order valence-electron chi connectivity index (χ1n) is 5.04. The second-order valence-electron chi connectivity index (χ2n) is 3.63. The molecule has 0 saturated heterocycles. The second kappa shape index (κ2) is 4.26. The van der Waals surface area contributed by atoms with Gasteiger partial charge in [-0.05, 0) is 13.8 Å². The topological polar surface area (TPSA) is 68.5 Å². The molecule has 0 radical (unpaired) electrons. The molecule has 0 atom stereocenters. The third-order valence-corrected chi connectivity index (χ3v) is 2.04. The molecule has 0 aliphatic rings. The van der Waals surface area contributed by atoms with Crippen molar-refractivity contribution in [3.63, 3.8) is 0 Å². The van der Waals surface area contributed by atoms with Crippen LogP contribution in [0.2, 0.25) is 0 Å². The quantitative estimate of drug-likeness (QED) is 0.826. The van der Waals surface area contributed by atoms with Crippen LogP contribution in [0.3, 0.4) is 0 Å². The second-order valence-corrected chi connectivity index (χ2v) is 3.63. The van der Waals surface area contributed by atoms with E-state index >= 15 is 0 Å². The van der Waals surface area contributed by atoms with Gasteiger partial charge in [0.2, 0.25) is 0 Å². The first-order valence-corrected chi connectivity index (χ1v) is 5.04. The molecule has 6 nitrogen and oxygen atoms in total. The van der Waals surface area contributed by atoms with Crippen molar-refractivity contribution < 1.29 is 0 Å². The molecular formula is C10H14N6. The molecule has 0 amide bonds. The van der Waals surface area contributed by atoms with Gasteiger partial charge in [0.05, 0.1) is 6.54 Å². The zero-order valence-electron chi connectivity index (χ0n) is 9.60. The van der Waals surface area contributed by atoms with Crippen LogP contribution in [0.15, 0.2) is 12.4 Å². The fourth-order valence-corrected chi connectivity index (χ4v) is 1.44. The van der Waals surface area contributed by atoms with Gasteiger partial charge < -0.3 is 5.32 Å². The average Bonchev–Trinajstić information content (AvgIpc) is 2.60. The summed E-state index contributed by atoms with van der Waals surface area (Å²) in [6.45, 7) is 4.38. The molecular weight excluding hydrogens is 204 g/mol. The SMILES string of the molecule is Cc1cc(NCc2ncn(C)n2)nc(C)n1. The van der Waals surface area contributed by atoms with Crippen LogP contribution in [-0.2, 0) is 13.6 Å². The van der Waals surface area contributed by atoms with Gasteiger partial charge in [0.15, 0.2) is 5.82 Å². The van der Waals surface area contributed by atoms with Crippen molar-refractivity contribution in [2.24, 2.45) is 7.05 Å². The molecule has 0 aromatic carbocycles. The summed E-state index contributed by atoms with van der Waals surface area (Å²) >= 11 is 0. The minimum absolute atomic E-state index is 0.566. The molecule has 0 spiro atoms. The number of aryl methyl sites for hydroxylation is 3. The Labute approximate surface area is 93.8 Å². The lowest BCUT2D eigenvalue weighted by molar-refractivity contribution is 0.746. The zero-order valence-corrected chi connectivity index (χ0v) is 9.60. The van der Waals surface area contributed by atoms with Crippen molar-refractivity contribution in [1.82, 2.24) is 24.7 Å². The molecule has 84 valence electrons. The Morgan fingerprint density at radius 1 is 1.31 bits per heavy atom. The van der Waals surface area contributed by atoms with E-state index in [2.05, 4.69) is 25.4 Å². The van der Waals surface area contributed by atoms with Gasteiger partial charge in [-0.3, -0.25) is 4.68 Å². The number of rotatable bonds is 3. The summed E-state index contributed by atoms with van der Waals surface area (Å²) in [5, 5.41) is 7.34. The van der Waals surface area contributed by atoms with Crippen molar-refractivity contribution in [3.05, 3.63) is 29.7 Å². The standard InChI is InChI=1S/C10H14N6/c1-7-4-9(14-8(2)13-7)11-5-10-12-6-16(3)15-10/h4,6H,5H2,1-3H3,(H,11,13,14). The van der Waals surface area contributed by atoms with Crippen LogP contribution < -0.4 is 5.32 Å². The van der Waals surface area contributed by atoms with Gasteiger partial charge in [-0.2, -0.15) is 5.10 Å². The predicted molar refractivity (Wildman–Crippen MR) is 59.8 cm³/mol. The Kier molecular flexibility index (Phi) is 2.80. The summed E-state index contributed by atoms with van der Waals surface area (Å²) in [6.07, 6.45) is 1.67. The predicted octanol–water partition coefficient (Wildman–Crippen LogP) is 0.834. The third-order valence-electron chi connectivity index (χ3n) is 2.04. The van der Waals surface area contributed by atoms with Crippen LogP contribution in [0.5, 0.6) is 0 Å². The van der Waals surface area contributed by atoms with Crippen LogP contribution >= 0.6 is 0 Å². The number of nitrogens with zero attached hydrogens (tertiary/aromatic N) is 5. The van der Waals surface area contributed by atoms with Crippen molar-refractivity contribution in [1.29, 1.82) is 0 Å². The smallest absolute Gasteiger partial charge is 0.169 e. The Balaban J connectivity index is 2.04. The van der Waals surface area contributed by atoms with Crippen LogP contribution in [0.25, 0.3) is 0 Å². The first-order chi connectivity index (χ1) is 7.63. The highest BCUT2D eigenvalue weighted by Gasteiger charge is 2.01. The van der Waals surface area contributed by atoms with E-state index in [-0.39, 0.29) is 0 Å². The first kappa shape index (κ1) is 10.5. The summed E-state index contributed by atoms with van der Waals surface area (Å²) in [5.74, 6) is 2.31. The van der Waals surface area contributed by atoms with Crippen LogP contribution in [-0.4, -0.2) is 24.7 Å². The summed E-state index contributed by atoms with van der Waals surface area (Å²) in [7, 11) is 1.84. The lowest BCUT2D eigenvalue weighted by atomic mass is 10.4. The number of hydrogen-bond donors (Lipinski definition) is 1. The van der Waals surface area contributed by atoms with Crippen molar-refractivity contribution >= 4 is 5.82 Å². The fraction of sp³-hybridized carbons (Fsp3) is 0.400. The van der Waals surface area contributed by atoms with E-state index in [0.717, 1.165) is 23.2 Å². The van der Waals surface area contributed by atoms with E-state index < -0.39 is 0 Å². The van der Waals surface area contributed by atoms with Gasteiger partial charge in [-0.25, -0.2) is 15.0 Å². The van der Waals surface area contributed by atoms with E-state index in [0.29, 0.717) is 6.54 Å². The maximum absolute atomic E-state index is 4.27. The van der Waals surface area contributed by atoms with Gasteiger partial charge >= 0.3 is 0 Å². The van der Waals surface area contributed by atoms with Crippen molar-refractivity contribution in [2.45, 2.75) is 20.4 Å². The summed E-state index contributed by atoms with van der Waals surface area (Å²) in [4.78, 5) is 12.6. The Morgan fingerprint density at radius 3 is 2.75 bits per heavy atom. The summed E-state index contributed by atoms with van der Waals surface area (Å²) in [5.41, 5.74) is 0.948. The molecule has 1 N–H and O–H groups in total. The Morgan fingerprint density at radius 2 is 2.12 bits per heavy atom. The van der Waals surface area contributed by atoms with Crippen LogP contribution in [0.4, 0.5) is 5.82 Å². The number of hydrogen-bond acceptors (Lipinski definition) is 5. The lowest BCUT2D eigenvalue weighted by Crippen LogP contribution is -2.05. The average molecular weight is 218 g/mol. The molecule has 6 heteroatoms. The third kappa shape index (κ3) is 2.53. The maximum atomic E-state index is 4.27. The molecule has 0 aliphatic carbocycles. The van der Waals surface area contributed by atoms with Crippen LogP contribution in [0, 0.1) is 13.8 Å². The van der Waals surface area contributed by atoms with Gasteiger partial charge in [0.25, 0.3) is 0 Å². The molecule has 0 saturated carbocycles. The normalized spacial score (nSPS) is 10.4. The molecule has 0 unspecified atom stereocenters. The maximum Gasteiger partial charge on any atom is 0.169 e. The largest absolute Gasteiger partial charge is 0.363 e. The van der Waals surface area contributed by atoms with Crippen molar-refractivity contribution in [3.8, 4) is 0 Å². The Hall–Kier alpha value is -1.98. The molecule has 0 fully saturated rings. The fourth-order valence-electron chi connectivity index (χ4n) is 1.44.